The topological polar surface area (TPSA) is 15.3 Å². The highest BCUT2D eigenvalue weighted by Crippen LogP contribution is 2.29. The SMILES string of the molecule is CC(C)C1CN(Cc2ccc(Br)cc2)C(C(C)(C)C)CN1. The van der Waals surface area contributed by atoms with E-state index < -0.39 is 0 Å². The maximum Gasteiger partial charge on any atom is 0.0273 e. The van der Waals surface area contributed by atoms with E-state index in [1.54, 1.807) is 0 Å². The van der Waals surface area contributed by atoms with E-state index in [0.29, 0.717) is 23.4 Å². The molecule has 2 unspecified atom stereocenters. The molecule has 0 radical (unpaired) electrons. The van der Waals surface area contributed by atoms with Gasteiger partial charge in [-0.2, -0.15) is 0 Å². The zero-order chi connectivity index (χ0) is 15.6. The summed E-state index contributed by atoms with van der Waals surface area (Å²) in [4.78, 5) is 2.67. The van der Waals surface area contributed by atoms with Gasteiger partial charge < -0.3 is 5.32 Å². The van der Waals surface area contributed by atoms with Crippen LogP contribution in [0.5, 0.6) is 0 Å². The van der Waals surface area contributed by atoms with Gasteiger partial charge in [0.1, 0.15) is 0 Å². The minimum Gasteiger partial charge on any atom is -0.311 e. The number of hydrogen-bond acceptors (Lipinski definition) is 2. The molecule has 0 spiro atoms. The lowest BCUT2D eigenvalue weighted by Crippen LogP contribution is -2.61. The first kappa shape index (κ1) is 17.0. The summed E-state index contributed by atoms with van der Waals surface area (Å²) in [6.45, 7) is 14.9. The van der Waals surface area contributed by atoms with Crippen molar-refractivity contribution in [3.63, 3.8) is 0 Å². The van der Waals surface area contributed by atoms with E-state index in [-0.39, 0.29) is 0 Å². The lowest BCUT2D eigenvalue weighted by atomic mass is 9.82. The number of halogens is 1. The highest BCUT2D eigenvalue weighted by atomic mass is 79.9. The van der Waals surface area contributed by atoms with Gasteiger partial charge in [-0.05, 0) is 29.0 Å². The minimum atomic E-state index is 0.296. The fourth-order valence-electron chi connectivity index (χ4n) is 3.14. The second-order valence-corrected chi connectivity index (χ2v) is 8.61. The Bertz CT molecular complexity index is 447. The highest BCUT2D eigenvalue weighted by molar-refractivity contribution is 9.10. The maximum atomic E-state index is 3.75. The number of rotatable bonds is 3. The first-order chi connectivity index (χ1) is 9.77. The van der Waals surface area contributed by atoms with Gasteiger partial charge in [-0.25, -0.2) is 0 Å². The largest absolute Gasteiger partial charge is 0.311 e. The third-order valence-corrected chi connectivity index (χ3v) is 5.08. The molecule has 1 aromatic carbocycles. The number of hydrogen-bond donors (Lipinski definition) is 1. The lowest BCUT2D eigenvalue weighted by Gasteiger charge is -2.47. The van der Waals surface area contributed by atoms with E-state index in [1.807, 2.05) is 0 Å². The molecule has 1 heterocycles. The van der Waals surface area contributed by atoms with Crippen LogP contribution in [0.25, 0.3) is 0 Å². The second-order valence-electron chi connectivity index (χ2n) is 7.70. The van der Waals surface area contributed by atoms with Crippen LogP contribution in [0.3, 0.4) is 0 Å². The summed E-state index contributed by atoms with van der Waals surface area (Å²) in [5.41, 5.74) is 1.70. The van der Waals surface area contributed by atoms with Crippen molar-refractivity contribution in [1.29, 1.82) is 0 Å². The molecule has 1 aromatic rings. The van der Waals surface area contributed by atoms with Crippen LogP contribution in [0, 0.1) is 11.3 Å². The molecule has 1 fully saturated rings. The summed E-state index contributed by atoms with van der Waals surface area (Å²) in [6.07, 6.45) is 0. The van der Waals surface area contributed by atoms with Crippen LogP contribution >= 0.6 is 15.9 Å². The molecule has 2 nitrogen and oxygen atoms in total. The summed E-state index contributed by atoms with van der Waals surface area (Å²) in [5, 5.41) is 3.75. The molecule has 118 valence electrons. The van der Waals surface area contributed by atoms with E-state index >= 15 is 0 Å². The van der Waals surface area contributed by atoms with Crippen LogP contribution in [0.15, 0.2) is 28.7 Å². The Morgan fingerprint density at radius 3 is 2.38 bits per heavy atom. The lowest BCUT2D eigenvalue weighted by molar-refractivity contribution is 0.0400. The summed E-state index contributed by atoms with van der Waals surface area (Å²) in [5.74, 6) is 0.679. The Hall–Kier alpha value is -0.380. The van der Waals surface area contributed by atoms with Crippen molar-refractivity contribution in [1.82, 2.24) is 10.2 Å². The molecule has 0 aromatic heterocycles. The van der Waals surface area contributed by atoms with Crippen LogP contribution < -0.4 is 5.32 Å². The van der Waals surface area contributed by atoms with Crippen LogP contribution in [-0.4, -0.2) is 30.1 Å². The first-order valence-electron chi connectivity index (χ1n) is 7.99. The average molecular weight is 353 g/mol. The third kappa shape index (κ3) is 4.54. The van der Waals surface area contributed by atoms with Gasteiger partial charge in [0.05, 0.1) is 0 Å². The van der Waals surface area contributed by atoms with Gasteiger partial charge in [-0.15, -0.1) is 0 Å². The van der Waals surface area contributed by atoms with Crippen molar-refractivity contribution in [3.05, 3.63) is 34.3 Å². The average Bonchev–Trinajstić information content (AvgIpc) is 2.40. The molecule has 0 bridgehead atoms. The molecule has 3 heteroatoms. The van der Waals surface area contributed by atoms with Crippen molar-refractivity contribution < 1.29 is 0 Å². The predicted molar refractivity (Wildman–Crippen MR) is 94.4 cm³/mol. The summed E-state index contributed by atoms with van der Waals surface area (Å²) in [6, 6.07) is 9.93. The number of nitrogens with one attached hydrogen (secondary N) is 1. The highest BCUT2D eigenvalue weighted by Gasteiger charge is 2.36. The van der Waals surface area contributed by atoms with Gasteiger partial charge >= 0.3 is 0 Å². The number of piperazine rings is 1. The molecule has 1 saturated heterocycles. The normalized spacial score (nSPS) is 24.5. The Morgan fingerprint density at radius 2 is 1.86 bits per heavy atom. The number of benzene rings is 1. The molecule has 21 heavy (non-hydrogen) atoms. The molecule has 0 saturated carbocycles. The Morgan fingerprint density at radius 1 is 1.24 bits per heavy atom. The van der Waals surface area contributed by atoms with Gasteiger partial charge in [-0.1, -0.05) is 62.7 Å². The van der Waals surface area contributed by atoms with Crippen LogP contribution in [0.4, 0.5) is 0 Å². The standard InChI is InChI=1S/C18H29BrN2/c1-13(2)16-12-21(17(10-20-16)18(3,4)5)11-14-6-8-15(19)9-7-14/h6-9,13,16-17,20H,10-12H2,1-5H3. The van der Waals surface area contributed by atoms with Crippen molar-refractivity contribution in [3.8, 4) is 0 Å². The van der Waals surface area contributed by atoms with Crippen molar-refractivity contribution in [2.45, 2.75) is 53.2 Å². The molecular formula is C18H29BrN2. The smallest absolute Gasteiger partial charge is 0.0273 e. The molecule has 1 N–H and O–H groups in total. The maximum absolute atomic E-state index is 3.75. The van der Waals surface area contributed by atoms with E-state index in [2.05, 4.69) is 85.0 Å². The van der Waals surface area contributed by atoms with Gasteiger partial charge in [-0.3, -0.25) is 4.90 Å². The van der Waals surface area contributed by atoms with Gasteiger partial charge in [0.2, 0.25) is 0 Å². The summed E-state index contributed by atoms with van der Waals surface area (Å²) >= 11 is 3.52. The zero-order valence-corrected chi connectivity index (χ0v) is 15.6. The van der Waals surface area contributed by atoms with Crippen LogP contribution in [0.2, 0.25) is 0 Å². The Balaban J connectivity index is 2.14. The zero-order valence-electron chi connectivity index (χ0n) is 14.0. The third-order valence-electron chi connectivity index (χ3n) is 4.55. The molecule has 1 aliphatic rings. The summed E-state index contributed by atoms with van der Waals surface area (Å²) in [7, 11) is 0. The quantitative estimate of drug-likeness (QED) is 0.872. The molecule has 0 aliphatic carbocycles. The Kier molecular flexibility index (Phi) is 5.50. The fraction of sp³-hybridized carbons (Fsp3) is 0.667. The van der Waals surface area contributed by atoms with E-state index in [9.17, 15) is 0 Å². The monoisotopic (exact) mass is 352 g/mol. The van der Waals surface area contributed by atoms with Crippen LogP contribution in [-0.2, 0) is 6.54 Å². The molecule has 0 amide bonds. The van der Waals surface area contributed by atoms with E-state index in [1.165, 1.54) is 5.56 Å². The fourth-order valence-corrected chi connectivity index (χ4v) is 3.40. The van der Waals surface area contributed by atoms with E-state index in [4.69, 9.17) is 0 Å². The van der Waals surface area contributed by atoms with Gasteiger partial charge in [0, 0.05) is 36.2 Å². The minimum absolute atomic E-state index is 0.296. The molecule has 2 atom stereocenters. The molecular weight excluding hydrogens is 324 g/mol. The molecule has 1 aliphatic heterocycles. The Labute approximate surface area is 138 Å². The van der Waals surface area contributed by atoms with Crippen molar-refractivity contribution in [2.75, 3.05) is 13.1 Å². The second kappa shape index (κ2) is 6.80. The van der Waals surface area contributed by atoms with Crippen molar-refractivity contribution in [2.24, 2.45) is 11.3 Å². The number of nitrogens with zero attached hydrogens (tertiary/aromatic N) is 1. The summed E-state index contributed by atoms with van der Waals surface area (Å²) < 4.78 is 1.15. The molecule has 2 rings (SSSR count). The van der Waals surface area contributed by atoms with Gasteiger partial charge in [0.25, 0.3) is 0 Å². The predicted octanol–water partition coefficient (Wildman–Crippen LogP) is 4.29. The van der Waals surface area contributed by atoms with Crippen molar-refractivity contribution >= 4 is 15.9 Å². The van der Waals surface area contributed by atoms with E-state index in [0.717, 1.165) is 24.1 Å². The van der Waals surface area contributed by atoms with Gasteiger partial charge in [0.15, 0.2) is 0 Å². The first-order valence-corrected chi connectivity index (χ1v) is 8.78. The van der Waals surface area contributed by atoms with Crippen LogP contribution in [0.1, 0.15) is 40.2 Å².